The standard InChI is InChI=1S/C38H41N5O6/c1-19-13-24-14-26-28(16-39)43-27(33(42(26)5)31(24)35(46)20(19)2)15-25-32(37-36(48-18-49-37)21(3)34(25)45)29(43)17-40-38(47)22(4)41-30(44)12-11-23-9-7-6-8-10-23/h6-13,22,26-29,33,45-46H,14-15,17-18H2,1-5H3,(H,40,47)(H,41,44)/b12-11+/t22-,26-,27?,28-,29-,33-/m0/s1. The molecule has 4 heterocycles. The van der Waals surface area contributed by atoms with Gasteiger partial charge >= 0.3 is 0 Å². The van der Waals surface area contributed by atoms with Crippen LogP contribution < -0.4 is 20.1 Å². The molecule has 4 N–H and O–H groups in total. The number of aryl methyl sites for hydroxylation is 1. The van der Waals surface area contributed by atoms with E-state index >= 15 is 0 Å². The summed E-state index contributed by atoms with van der Waals surface area (Å²) in [6.07, 6.45) is 4.03. The van der Waals surface area contributed by atoms with E-state index in [4.69, 9.17) is 9.47 Å². The number of fused-ring (bicyclic) bond motifs is 9. The van der Waals surface area contributed by atoms with Gasteiger partial charge in [-0.05, 0) is 75.9 Å². The van der Waals surface area contributed by atoms with Crippen LogP contribution in [-0.2, 0) is 22.4 Å². The van der Waals surface area contributed by atoms with Crippen molar-refractivity contribution in [3.63, 3.8) is 0 Å². The first-order chi connectivity index (χ1) is 23.5. The number of aromatic hydroxyl groups is 2. The molecule has 11 nitrogen and oxygen atoms in total. The first-order valence-corrected chi connectivity index (χ1v) is 16.7. The van der Waals surface area contributed by atoms with Crippen LogP contribution in [0.3, 0.4) is 0 Å². The topological polar surface area (TPSA) is 147 Å². The quantitative estimate of drug-likeness (QED) is 0.289. The molecule has 1 saturated heterocycles. The van der Waals surface area contributed by atoms with Gasteiger partial charge in [-0.1, -0.05) is 36.4 Å². The molecule has 2 amide bonds. The van der Waals surface area contributed by atoms with Crippen molar-refractivity contribution in [2.24, 2.45) is 0 Å². The fourth-order valence-corrected chi connectivity index (χ4v) is 8.32. The normalized spacial score (nSPS) is 24.4. The van der Waals surface area contributed by atoms with Gasteiger partial charge in [-0.2, -0.15) is 5.26 Å². The maximum atomic E-state index is 13.5. The van der Waals surface area contributed by atoms with Crippen LogP contribution in [0.4, 0.5) is 0 Å². The minimum Gasteiger partial charge on any atom is -0.507 e. The van der Waals surface area contributed by atoms with Crippen molar-refractivity contribution in [3.8, 4) is 29.1 Å². The molecule has 0 saturated carbocycles. The van der Waals surface area contributed by atoms with E-state index in [1.54, 1.807) is 19.9 Å². The molecule has 3 aromatic carbocycles. The number of nitrogens with zero attached hydrogens (tertiary/aromatic N) is 3. The zero-order valence-electron chi connectivity index (χ0n) is 28.3. The van der Waals surface area contributed by atoms with E-state index in [1.807, 2.05) is 51.2 Å². The number of phenolic OH excluding ortho intramolecular Hbond substituents is 2. The van der Waals surface area contributed by atoms with Crippen LogP contribution in [0.2, 0.25) is 0 Å². The number of rotatable bonds is 6. The van der Waals surface area contributed by atoms with Crippen molar-refractivity contribution in [2.75, 3.05) is 20.4 Å². The molecule has 49 heavy (non-hydrogen) atoms. The van der Waals surface area contributed by atoms with Crippen LogP contribution in [0.1, 0.15) is 63.5 Å². The van der Waals surface area contributed by atoms with Gasteiger partial charge in [-0.25, -0.2) is 0 Å². The summed E-state index contributed by atoms with van der Waals surface area (Å²) in [6.45, 7) is 7.37. The van der Waals surface area contributed by atoms with Crippen molar-refractivity contribution in [3.05, 3.63) is 87.0 Å². The summed E-state index contributed by atoms with van der Waals surface area (Å²) >= 11 is 0. The van der Waals surface area contributed by atoms with Gasteiger partial charge < -0.3 is 30.3 Å². The predicted molar refractivity (Wildman–Crippen MR) is 182 cm³/mol. The van der Waals surface area contributed by atoms with Gasteiger partial charge in [0.2, 0.25) is 18.6 Å². The number of amides is 2. The number of hydrogen-bond acceptors (Lipinski definition) is 9. The third-order valence-electron chi connectivity index (χ3n) is 10.9. The minimum atomic E-state index is -0.850. The van der Waals surface area contributed by atoms with Crippen LogP contribution >= 0.6 is 0 Å². The molecule has 2 bridgehead atoms. The Bertz CT molecular complexity index is 1920. The molecule has 4 aliphatic rings. The number of ether oxygens (including phenoxy) is 2. The van der Waals surface area contributed by atoms with Crippen LogP contribution in [0.5, 0.6) is 23.0 Å². The fourth-order valence-electron chi connectivity index (χ4n) is 8.32. The SMILES string of the molecule is Cc1cc2c(c(O)c1C)[C@@H]1C3Cc4c(O)c(C)c5c(c4[C@H](CNC(=O)[C@H](C)NC(=O)/C=C/c4ccccc4)N3[C@@H](C#N)[C@H](C2)N1C)OCO5. The van der Waals surface area contributed by atoms with Gasteiger partial charge in [-0.15, -0.1) is 0 Å². The van der Waals surface area contributed by atoms with Crippen LogP contribution in [-0.4, -0.2) is 76.4 Å². The molecular formula is C38H41N5O6. The number of phenols is 2. The summed E-state index contributed by atoms with van der Waals surface area (Å²) < 4.78 is 11.8. The molecule has 0 aromatic heterocycles. The average molecular weight is 664 g/mol. The third kappa shape index (κ3) is 5.27. The third-order valence-corrected chi connectivity index (χ3v) is 10.9. The van der Waals surface area contributed by atoms with Gasteiger partial charge in [0.25, 0.3) is 0 Å². The second-order valence-corrected chi connectivity index (χ2v) is 13.6. The van der Waals surface area contributed by atoms with Crippen molar-refractivity contribution < 1.29 is 29.3 Å². The van der Waals surface area contributed by atoms with E-state index in [0.717, 1.165) is 27.8 Å². The minimum absolute atomic E-state index is 0.0102. The van der Waals surface area contributed by atoms with Crippen LogP contribution in [0.25, 0.3) is 6.08 Å². The number of benzene rings is 3. The molecule has 1 unspecified atom stereocenters. The van der Waals surface area contributed by atoms with Crippen molar-refractivity contribution in [2.45, 2.75) is 76.8 Å². The summed E-state index contributed by atoms with van der Waals surface area (Å²) in [5.74, 6) is 0.513. The summed E-state index contributed by atoms with van der Waals surface area (Å²) in [6, 6.07) is 11.3. The number of nitriles is 1. The lowest BCUT2D eigenvalue weighted by Gasteiger charge is -2.60. The lowest BCUT2D eigenvalue weighted by atomic mass is 9.71. The molecule has 0 radical (unpaired) electrons. The highest BCUT2D eigenvalue weighted by molar-refractivity contribution is 5.95. The summed E-state index contributed by atoms with van der Waals surface area (Å²) in [5, 5.41) is 39.8. The predicted octanol–water partition coefficient (Wildman–Crippen LogP) is 3.86. The summed E-state index contributed by atoms with van der Waals surface area (Å²) in [4.78, 5) is 30.5. The van der Waals surface area contributed by atoms with E-state index in [0.29, 0.717) is 41.0 Å². The van der Waals surface area contributed by atoms with E-state index in [9.17, 15) is 25.1 Å². The Kier molecular flexibility index (Phi) is 8.25. The molecule has 1 fully saturated rings. The number of nitrogens with one attached hydrogen (secondary N) is 2. The molecule has 7 rings (SSSR count). The monoisotopic (exact) mass is 663 g/mol. The van der Waals surface area contributed by atoms with Gasteiger partial charge in [0.15, 0.2) is 11.5 Å². The van der Waals surface area contributed by atoms with E-state index < -0.39 is 29.9 Å². The number of piperazine rings is 1. The largest absolute Gasteiger partial charge is 0.507 e. The smallest absolute Gasteiger partial charge is 0.244 e. The molecule has 6 atom stereocenters. The Morgan fingerprint density at radius 3 is 2.51 bits per heavy atom. The number of likely N-dealkylation sites (N-methyl/N-ethyl adjacent to an activating group) is 1. The zero-order chi connectivity index (χ0) is 34.7. The molecule has 11 heteroatoms. The highest BCUT2D eigenvalue weighted by Gasteiger charge is 2.56. The summed E-state index contributed by atoms with van der Waals surface area (Å²) in [5.41, 5.74) is 6.48. The van der Waals surface area contributed by atoms with Crippen LogP contribution in [0, 0.1) is 32.1 Å². The average Bonchev–Trinajstić information content (AvgIpc) is 3.58. The maximum absolute atomic E-state index is 13.5. The Morgan fingerprint density at radius 1 is 1.04 bits per heavy atom. The number of carbonyl (C=O) groups is 2. The van der Waals surface area contributed by atoms with Crippen molar-refractivity contribution in [1.82, 2.24) is 20.4 Å². The molecule has 0 spiro atoms. The fraction of sp³-hybridized carbons (Fsp3) is 0.395. The second kappa shape index (κ2) is 12.4. The summed E-state index contributed by atoms with van der Waals surface area (Å²) in [7, 11) is 2.00. The highest BCUT2D eigenvalue weighted by Crippen LogP contribution is 2.57. The molecule has 0 aliphatic carbocycles. The zero-order valence-corrected chi connectivity index (χ0v) is 28.3. The second-order valence-electron chi connectivity index (χ2n) is 13.6. The first kappa shape index (κ1) is 32.5. The Hall–Kier alpha value is -5.05. The van der Waals surface area contributed by atoms with E-state index in [1.165, 1.54) is 6.08 Å². The van der Waals surface area contributed by atoms with Crippen LogP contribution in [0.15, 0.2) is 42.5 Å². The first-order valence-electron chi connectivity index (χ1n) is 16.7. The molecular weight excluding hydrogens is 622 g/mol. The number of hydrogen-bond donors (Lipinski definition) is 4. The van der Waals surface area contributed by atoms with E-state index in [-0.39, 0.29) is 43.0 Å². The van der Waals surface area contributed by atoms with Gasteiger partial charge in [0.05, 0.1) is 18.2 Å². The van der Waals surface area contributed by atoms with E-state index in [2.05, 4.69) is 32.6 Å². The Balaban J connectivity index is 1.25. The molecule has 3 aromatic rings. The highest BCUT2D eigenvalue weighted by atomic mass is 16.7. The molecule has 254 valence electrons. The Morgan fingerprint density at radius 2 is 1.78 bits per heavy atom. The maximum Gasteiger partial charge on any atom is 0.244 e. The van der Waals surface area contributed by atoms with Gasteiger partial charge in [0, 0.05) is 47.0 Å². The van der Waals surface area contributed by atoms with Gasteiger partial charge in [-0.3, -0.25) is 19.4 Å². The van der Waals surface area contributed by atoms with Gasteiger partial charge in [0.1, 0.15) is 23.6 Å². The Labute approximate surface area is 285 Å². The van der Waals surface area contributed by atoms with Crippen molar-refractivity contribution >= 4 is 17.9 Å². The lowest BCUT2D eigenvalue weighted by molar-refractivity contribution is -0.127. The molecule has 4 aliphatic heterocycles. The van der Waals surface area contributed by atoms with Crippen molar-refractivity contribution in [1.29, 1.82) is 5.26 Å². The lowest BCUT2D eigenvalue weighted by Crippen LogP contribution is -2.68. The number of carbonyl (C=O) groups excluding carboxylic acids is 2.